The Morgan fingerprint density at radius 1 is 0.926 bits per heavy atom. The Balaban J connectivity index is 4.77. The average Bonchev–Trinajstić information content (AvgIpc) is 2.54. The van der Waals surface area contributed by atoms with Gasteiger partial charge in [0.1, 0.15) is 12.1 Å². The van der Waals surface area contributed by atoms with Gasteiger partial charge in [-0.3, -0.25) is 19.2 Å². The molecule has 3 unspecified atom stereocenters. The van der Waals surface area contributed by atoms with Crippen molar-refractivity contribution in [3.63, 3.8) is 0 Å². The van der Waals surface area contributed by atoms with Crippen molar-refractivity contribution in [2.24, 2.45) is 23.3 Å². The van der Waals surface area contributed by atoms with Gasteiger partial charge in [-0.25, -0.2) is 4.79 Å². The smallest absolute Gasteiger partial charge is 0.326 e. The van der Waals surface area contributed by atoms with E-state index in [0.717, 1.165) is 0 Å². The zero-order valence-electron chi connectivity index (χ0n) is 15.9. The molecule has 11 nitrogen and oxygen atoms in total. The molecular formula is C16H29N5O6. The molecule has 0 aromatic rings. The molecule has 0 bridgehead atoms. The fourth-order valence-corrected chi connectivity index (χ4v) is 2.01. The van der Waals surface area contributed by atoms with E-state index in [1.54, 1.807) is 27.7 Å². The van der Waals surface area contributed by atoms with Crippen LogP contribution in [0.3, 0.4) is 0 Å². The predicted octanol–water partition coefficient (Wildman–Crippen LogP) is -2.33. The summed E-state index contributed by atoms with van der Waals surface area (Å²) >= 11 is 0. The van der Waals surface area contributed by atoms with Gasteiger partial charge in [0.05, 0.1) is 19.0 Å². The highest BCUT2D eigenvalue weighted by atomic mass is 16.4. The molecule has 0 saturated carbocycles. The van der Waals surface area contributed by atoms with Crippen molar-refractivity contribution >= 4 is 29.6 Å². The normalized spacial score (nSPS) is 14.2. The molecule has 0 aliphatic rings. The van der Waals surface area contributed by atoms with Gasteiger partial charge in [-0.1, -0.05) is 27.7 Å². The summed E-state index contributed by atoms with van der Waals surface area (Å²) in [6.45, 7) is 6.42. The van der Waals surface area contributed by atoms with Crippen molar-refractivity contribution in [2.75, 3.05) is 6.54 Å². The predicted molar refractivity (Wildman–Crippen MR) is 96.0 cm³/mol. The summed E-state index contributed by atoms with van der Waals surface area (Å²) < 4.78 is 0. The van der Waals surface area contributed by atoms with E-state index in [1.165, 1.54) is 0 Å². The number of nitrogens with two attached hydrogens (primary N) is 2. The second-order valence-corrected chi connectivity index (χ2v) is 6.85. The molecule has 154 valence electrons. The zero-order valence-corrected chi connectivity index (χ0v) is 15.9. The van der Waals surface area contributed by atoms with E-state index >= 15 is 0 Å². The Morgan fingerprint density at radius 3 is 1.89 bits per heavy atom. The molecule has 0 spiro atoms. The quantitative estimate of drug-likeness (QED) is 0.229. The number of primary amides is 1. The Labute approximate surface area is 157 Å². The van der Waals surface area contributed by atoms with Crippen molar-refractivity contribution in [2.45, 2.75) is 52.2 Å². The maximum atomic E-state index is 12.3. The lowest BCUT2D eigenvalue weighted by Crippen LogP contribution is -2.56. The molecule has 11 heteroatoms. The highest BCUT2D eigenvalue weighted by molar-refractivity contribution is 5.93. The molecule has 0 fully saturated rings. The molecule has 0 aliphatic heterocycles. The van der Waals surface area contributed by atoms with Gasteiger partial charge in [0, 0.05) is 0 Å². The third kappa shape index (κ3) is 8.99. The van der Waals surface area contributed by atoms with Crippen molar-refractivity contribution < 1.29 is 29.1 Å². The van der Waals surface area contributed by atoms with Crippen molar-refractivity contribution in [3.8, 4) is 0 Å². The maximum Gasteiger partial charge on any atom is 0.326 e. The first-order valence-corrected chi connectivity index (χ1v) is 8.50. The number of amides is 4. The first-order valence-electron chi connectivity index (χ1n) is 8.50. The van der Waals surface area contributed by atoms with Crippen LogP contribution in [0.4, 0.5) is 0 Å². The van der Waals surface area contributed by atoms with Crippen LogP contribution in [0.2, 0.25) is 0 Å². The van der Waals surface area contributed by atoms with Crippen molar-refractivity contribution in [1.29, 1.82) is 0 Å². The van der Waals surface area contributed by atoms with E-state index in [9.17, 15) is 24.0 Å². The summed E-state index contributed by atoms with van der Waals surface area (Å²) in [5, 5.41) is 15.9. The topological polar surface area (TPSA) is 194 Å². The average molecular weight is 387 g/mol. The van der Waals surface area contributed by atoms with Gasteiger partial charge in [0.2, 0.25) is 23.6 Å². The molecule has 0 radical (unpaired) electrons. The van der Waals surface area contributed by atoms with Crippen molar-refractivity contribution in [1.82, 2.24) is 16.0 Å². The largest absolute Gasteiger partial charge is 0.480 e. The third-order valence-corrected chi connectivity index (χ3v) is 3.73. The van der Waals surface area contributed by atoms with Crippen LogP contribution in [0.15, 0.2) is 0 Å². The van der Waals surface area contributed by atoms with Gasteiger partial charge in [-0.05, 0) is 11.8 Å². The van der Waals surface area contributed by atoms with E-state index in [2.05, 4.69) is 16.0 Å². The number of carboxylic acid groups (broad SMARTS) is 1. The van der Waals surface area contributed by atoms with Gasteiger partial charge in [0.15, 0.2) is 0 Å². The first-order chi connectivity index (χ1) is 12.4. The standard InChI is InChI=1S/C16H29N5O6/c1-7(2)12(18)14(24)21-13(8(3)4)15(25)19-6-11(23)20-9(16(26)27)5-10(17)22/h7-9,12-13H,5-6,18H2,1-4H3,(H2,17,22)(H,19,25)(H,20,23)(H,21,24)(H,26,27). The number of carbonyl (C=O) groups is 5. The van der Waals surface area contributed by atoms with Crippen LogP contribution in [0.1, 0.15) is 34.1 Å². The number of carboxylic acids is 1. The molecule has 0 heterocycles. The molecule has 3 atom stereocenters. The summed E-state index contributed by atoms with van der Waals surface area (Å²) in [5.41, 5.74) is 10.7. The molecule has 8 N–H and O–H groups in total. The summed E-state index contributed by atoms with van der Waals surface area (Å²) in [4.78, 5) is 57.9. The Hall–Kier alpha value is -2.69. The third-order valence-electron chi connectivity index (χ3n) is 3.73. The second kappa shape index (κ2) is 11.1. The fraction of sp³-hybridized carbons (Fsp3) is 0.688. The fourth-order valence-electron chi connectivity index (χ4n) is 2.01. The number of hydrogen-bond acceptors (Lipinski definition) is 6. The van der Waals surface area contributed by atoms with E-state index in [-0.39, 0.29) is 11.8 Å². The van der Waals surface area contributed by atoms with Crippen LogP contribution in [-0.4, -0.2) is 59.4 Å². The minimum atomic E-state index is -1.49. The number of aliphatic carboxylic acids is 1. The second-order valence-electron chi connectivity index (χ2n) is 6.85. The SMILES string of the molecule is CC(C)C(N)C(=O)NC(C(=O)NCC(=O)NC(CC(N)=O)C(=O)O)C(C)C. The molecule has 0 aliphatic carbocycles. The van der Waals surface area contributed by atoms with Crippen LogP contribution in [0.5, 0.6) is 0 Å². The molecule has 0 aromatic heterocycles. The number of rotatable bonds is 11. The lowest BCUT2D eigenvalue weighted by molar-refractivity contribution is -0.143. The zero-order chi connectivity index (χ0) is 21.3. The number of hydrogen-bond donors (Lipinski definition) is 6. The van der Waals surface area contributed by atoms with Crippen LogP contribution >= 0.6 is 0 Å². The summed E-state index contributed by atoms with van der Waals surface area (Å²) in [7, 11) is 0. The van der Waals surface area contributed by atoms with E-state index in [0.29, 0.717) is 0 Å². The Morgan fingerprint density at radius 2 is 1.48 bits per heavy atom. The molecular weight excluding hydrogens is 358 g/mol. The Bertz CT molecular complexity index is 578. The first kappa shape index (κ1) is 24.3. The summed E-state index contributed by atoms with van der Waals surface area (Å²) in [5.74, 6) is -4.64. The monoisotopic (exact) mass is 387 g/mol. The molecule has 27 heavy (non-hydrogen) atoms. The highest BCUT2D eigenvalue weighted by Crippen LogP contribution is 2.05. The maximum absolute atomic E-state index is 12.3. The van der Waals surface area contributed by atoms with Crippen molar-refractivity contribution in [3.05, 3.63) is 0 Å². The molecule has 4 amide bonds. The Kier molecular flexibility index (Phi) is 10.0. The van der Waals surface area contributed by atoms with Gasteiger partial charge < -0.3 is 32.5 Å². The van der Waals surface area contributed by atoms with Gasteiger partial charge >= 0.3 is 5.97 Å². The molecule has 0 aromatic carbocycles. The number of carbonyl (C=O) groups excluding carboxylic acids is 4. The molecule has 0 saturated heterocycles. The summed E-state index contributed by atoms with van der Waals surface area (Å²) in [6.07, 6.45) is -0.577. The molecule has 0 rings (SSSR count). The van der Waals surface area contributed by atoms with Crippen LogP contribution in [0, 0.1) is 11.8 Å². The highest BCUT2D eigenvalue weighted by Gasteiger charge is 2.28. The van der Waals surface area contributed by atoms with Crippen LogP contribution in [0.25, 0.3) is 0 Å². The minimum Gasteiger partial charge on any atom is -0.480 e. The van der Waals surface area contributed by atoms with E-state index in [1.807, 2.05) is 0 Å². The summed E-state index contributed by atoms with van der Waals surface area (Å²) in [6, 6.07) is -3.19. The van der Waals surface area contributed by atoms with Gasteiger partial charge in [0.25, 0.3) is 0 Å². The van der Waals surface area contributed by atoms with Gasteiger partial charge in [-0.15, -0.1) is 0 Å². The lowest BCUT2D eigenvalue weighted by atomic mass is 10.0. The lowest BCUT2D eigenvalue weighted by Gasteiger charge is -2.24. The van der Waals surface area contributed by atoms with Crippen LogP contribution < -0.4 is 27.4 Å². The van der Waals surface area contributed by atoms with Gasteiger partial charge in [-0.2, -0.15) is 0 Å². The van der Waals surface area contributed by atoms with E-state index < -0.39 is 60.7 Å². The minimum absolute atomic E-state index is 0.121. The van der Waals surface area contributed by atoms with Crippen LogP contribution in [-0.2, 0) is 24.0 Å². The van der Waals surface area contributed by atoms with E-state index in [4.69, 9.17) is 16.6 Å². The number of nitrogens with one attached hydrogen (secondary N) is 3.